The van der Waals surface area contributed by atoms with Gasteiger partial charge in [0.15, 0.2) is 5.67 Å². The van der Waals surface area contributed by atoms with Crippen LogP contribution in [0.2, 0.25) is 5.02 Å². The van der Waals surface area contributed by atoms with Crippen molar-refractivity contribution in [2.45, 2.75) is 25.1 Å². The largest absolute Gasteiger partial charge is 0.327 e. The van der Waals surface area contributed by atoms with Crippen LogP contribution in [0.15, 0.2) is 6.20 Å². The third kappa shape index (κ3) is 2.53. The summed E-state index contributed by atoms with van der Waals surface area (Å²) in [6.45, 7) is 1.37. The molecule has 0 spiro atoms. The van der Waals surface area contributed by atoms with E-state index < -0.39 is 5.67 Å². The Morgan fingerprint density at radius 1 is 1.61 bits per heavy atom. The number of halogens is 2. The number of aromatic nitrogens is 2. The molecule has 1 aliphatic rings. The quantitative estimate of drug-likeness (QED) is 0.858. The van der Waals surface area contributed by atoms with Crippen molar-refractivity contribution in [3.05, 3.63) is 16.9 Å². The molecule has 18 heavy (non-hydrogen) atoms. The summed E-state index contributed by atoms with van der Waals surface area (Å²) in [5.41, 5.74) is 4.57. The molecule has 6 heteroatoms. The lowest BCUT2D eigenvalue weighted by Gasteiger charge is -2.25. The highest BCUT2D eigenvalue weighted by molar-refractivity contribution is 6.31. The van der Waals surface area contributed by atoms with Crippen LogP contribution in [0.5, 0.6) is 0 Å². The molecular formula is C12H20ClFN4. The first kappa shape index (κ1) is 13.8. The fourth-order valence-electron chi connectivity index (χ4n) is 2.24. The molecule has 1 fully saturated rings. The Hall–Kier alpha value is -0.650. The average molecular weight is 275 g/mol. The number of hydrogen-bond acceptors (Lipinski definition) is 3. The van der Waals surface area contributed by atoms with Crippen LogP contribution in [0.3, 0.4) is 0 Å². The van der Waals surface area contributed by atoms with Gasteiger partial charge in [0.1, 0.15) is 0 Å². The van der Waals surface area contributed by atoms with E-state index in [-0.39, 0.29) is 12.5 Å². The van der Waals surface area contributed by atoms with E-state index in [1.165, 1.54) is 6.20 Å². The standard InChI is InChI=1S/C12H20ClFN4/c1-17(2)5-6-18-11(10(13)7-16-18)12(14,8-15)9-3-4-9/h7,9H,3-6,8,15H2,1-2H3. The summed E-state index contributed by atoms with van der Waals surface area (Å²) in [4.78, 5) is 2.03. The van der Waals surface area contributed by atoms with E-state index in [9.17, 15) is 0 Å². The van der Waals surface area contributed by atoms with Gasteiger partial charge < -0.3 is 10.6 Å². The van der Waals surface area contributed by atoms with Crippen LogP contribution in [0.4, 0.5) is 4.39 Å². The number of nitrogens with zero attached hydrogens (tertiary/aromatic N) is 3. The molecule has 1 unspecified atom stereocenters. The zero-order chi connectivity index (χ0) is 13.3. The number of nitrogens with two attached hydrogens (primary N) is 1. The van der Waals surface area contributed by atoms with Crippen molar-refractivity contribution in [2.75, 3.05) is 27.2 Å². The van der Waals surface area contributed by atoms with Gasteiger partial charge in [-0.3, -0.25) is 4.68 Å². The first-order chi connectivity index (χ1) is 8.49. The van der Waals surface area contributed by atoms with Gasteiger partial charge >= 0.3 is 0 Å². The highest BCUT2D eigenvalue weighted by Crippen LogP contribution is 2.49. The first-order valence-corrected chi connectivity index (χ1v) is 6.62. The summed E-state index contributed by atoms with van der Waals surface area (Å²) in [7, 11) is 3.94. The SMILES string of the molecule is CN(C)CCn1ncc(Cl)c1C(F)(CN)C1CC1. The highest BCUT2D eigenvalue weighted by Gasteiger charge is 2.49. The Morgan fingerprint density at radius 3 is 2.78 bits per heavy atom. The van der Waals surface area contributed by atoms with Gasteiger partial charge in [-0.15, -0.1) is 0 Å². The topological polar surface area (TPSA) is 47.1 Å². The molecular weight excluding hydrogens is 255 g/mol. The van der Waals surface area contributed by atoms with Crippen LogP contribution in [0, 0.1) is 5.92 Å². The lowest BCUT2D eigenvalue weighted by Crippen LogP contribution is -2.36. The lowest BCUT2D eigenvalue weighted by molar-refractivity contribution is 0.128. The van der Waals surface area contributed by atoms with E-state index in [4.69, 9.17) is 17.3 Å². The Kier molecular flexibility index (Phi) is 3.94. The molecule has 0 amide bonds. The smallest absolute Gasteiger partial charge is 0.168 e. The molecule has 0 aliphatic heterocycles. The molecule has 0 radical (unpaired) electrons. The van der Waals surface area contributed by atoms with Gasteiger partial charge in [-0.1, -0.05) is 11.6 Å². The van der Waals surface area contributed by atoms with Crippen LogP contribution in [-0.2, 0) is 12.2 Å². The summed E-state index contributed by atoms with van der Waals surface area (Å²) < 4.78 is 16.7. The fourth-order valence-corrected chi connectivity index (χ4v) is 2.54. The van der Waals surface area contributed by atoms with Crippen LogP contribution in [0.25, 0.3) is 0 Å². The Morgan fingerprint density at radius 2 is 2.28 bits per heavy atom. The maximum atomic E-state index is 15.0. The van der Waals surface area contributed by atoms with Gasteiger partial charge in [0.25, 0.3) is 0 Å². The number of hydrogen-bond donors (Lipinski definition) is 1. The predicted octanol–water partition coefficient (Wildman–Crippen LogP) is 1.63. The zero-order valence-corrected chi connectivity index (χ0v) is 11.6. The van der Waals surface area contributed by atoms with Gasteiger partial charge in [0.2, 0.25) is 0 Å². The summed E-state index contributed by atoms with van der Waals surface area (Å²) in [6.07, 6.45) is 3.27. The van der Waals surface area contributed by atoms with E-state index in [2.05, 4.69) is 5.10 Å². The maximum absolute atomic E-state index is 15.0. The molecule has 1 heterocycles. The van der Waals surface area contributed by atoms with Gasteiger partial charge in [-0.05, 0) is 26.9 Å². The molecule has 1 saturated carbocycles. The zero-order valence-electron chi connectivity index (χ0n) is 10.9. The highest BCUT2D eigenvalue weighted by atomic mass is 35.5. The monoisotopic (exact) mass is 274 g/mol. The van der Waals surface area contributed by atoms with Crippen molar-refractivity contribution in [3.8, 4) is 0 Å². The van der Waals surface area contributed by atoms with E-state index in [1.54, 1.807) is 4.68 Å². The Balaban J connectivity index is 2.27. The van der Waals surface area contributed by atoms with E-state index in [0.717, 1.165) is 19.4 Å². The molecule has 0 bridgehead atoms. The Labute approximate surface area is 112 Å². The minimum Gasteiger partial charge on any atom is -0.327 e. The molecule has 0 aromatic carbocycles. The van der Waals surface area contributed by atoms with E-state index >= 15 is 4.39 Å². The van der Waals surface area contributed by atoms with Crippen LogP contribution >= 0.6 is 11.6 Å². The third-order valence-corrected chi connectivity index (χ3v) is 3.75. The molecule has 102 valence electrons. The van der Waals surface area contributed by atoms with Gasteiger partial charge in [-0.25, -0.2) is 4.39 Å². The summed E-state index contributed by atoms with van der Waals surface area (Å²) in [5, 5.41) is 4.56. The molecule has 0 saturated heterocycles. The molecule has 2 N–H and O–H groups in total. The molecule has 1 aromatic rings. The van der Waals surface area contributed by atoms with Crippen LogP contribution in [-0.4, -0.2) is 41.9 Å². The van der Waals surface area contributed by atoms with Gasteiger partial charge in [0, 0.05) is 19.0 Å². The number of rotatable bonds is 6. The van der Waals surface area contributed by atoms with Crippen LogP contribution in [0.1, 0.15) is 18.5 Å². The molecule has 2 rings (SSSR count). The van der Waals surface area contributed by atoms with Crippen molar-refractivity contribution in [3.63, 3.8) is 0 Å². The fraction of sp³-hybridized carbons (Fsp3) is 0.750. The van der Waals surface area contributed by atoms with E-state index in [1.807, 2.05) is 19.0 Å². The molecule has 1 atom stereocenters. The normalized spacial score (nSPS) is 19.2. The second-order valence-electron chi connectivity index (χ2n) is 5.21. The molecule has 4 nitrogen and oxygen atoms in total. The molecule has 1 aliphatic carbocycles. The second kappa shape index (κ2) is 5.15. The minimum atomic E-state index is -1.53. The Bertz CT molecular complexity index is 416. The minimum absolute atomic E-state index is 0.00481. The van der Waals surface area contributed by atoms with Crippen LogP contribution < -0.4 is 5.73 Å². The van der Waals surface area contributed by atoms with Crippen molar-refractivity contribution in [2.24, 2.45) is 11.7 Å². The van der Waals surface area contributed by atoms with Gasteiger partial charge in [-0.2, -0.15) is 5.10 Å². The van der Waals surface area contributed by atoms with Crippen molar-refractivity contribution < 1.29 is 4.39 Å². The average Bonchev–Trinajstić information content (AvgIpc) is 3.11. The third-order valence-electron chi connectivity index (χ3n) is 3.47. The number of likely N-dealkylation sites (N-methyl/N-ethyl adjacent to an activating group) is 1. The van der Waals surface area contributed by atoms with E-state index in [0.29, 0.717) is 17.3 Å². The summed E-state index contributed by atoms with van der Waals surface area (Å²) >= 11 is 6.10. The summed E-state index contributed by atoms with van der Waals surface area (Å²) in [6, 6.07) is 0. The first-order valence-electron chi connectivity index (χ1n) is 6.24. The maximum Gasteiger partial charge on any atom is 0.168 e. The summed E-state index contributed by atoms with van der Waals surface area (Å²) in [5.74, 6) is -0.00481. The second-order valence-corrected chi connectivity index (χ2v) is 5.62. The lowest BCUT2D eigenvalue weighted by atomic mass is 9.95. The van der Waals surface area contributed by atoms with Crippen molar-refractivity contribution in [1.29, 1.82) is 0 Å². The predicted molar refractivity (Wildman–Crippen MR) is 70.4 cm³/mol. The number of alkyl halides is 1. The van der Waals surface area contributed by atoms with Crippen molar-refractivity contribution >= 4 is 11.6 Å². The van der Waals surface area contributed by atoms with Crippen molar-refractivity contribution in [1.82, 2.24) is 14.7 Å². The molecule has 1 aromatic heterocycles. The van der Waals surface area contributed by atoms with Gasteiger partial charge in [0.05, 0.1) is 23.5 Å².